The van der Waals surface area contributed by atoms with Crippen molar-refractivity contribution in [2.75, 3.05) is 30.0 Å². The number of rotatable bonds is 8. The fraction of sp³-hybridized carbons (Fsp3) is 0.316. The first-order valence-electron chi connectivity index (χ1n) is 8.40. The minimum Gasteiger partial charge on any atom is -0.495 e. The molecule has 2 aromatic rings. The summed E-state index contributed by atoms with van der Waals surface area (Å²) in [5.41, 5.74) is 1.08. The molecule has 1 unspecified atom stereocenters. The van der Waals surface area contributed by atoms with Crippen molar-refractivity contribution in [2.24, 2.45) is 0 Å². The standard InChI is InChI=1S/C19H24N2O5S/c1-5-17(19(22)20-16-8-6-7-9-18(16)25-3)26-15-12-10-14(11-13-15)21(2)27(4,23)24/h6-13,17H,5H2,1-4H3,(H,20,22). The second kappa shape index (κ2) is 8.77. The molecule has 0 aromatic heterocycles. The third-order valence-electron chi connectivity index (χ3n) is 4.00. The van der Waals surface area contributed by atoms with E-state index in [2.05, 4.69) is 5.32 Å². The topological polar surface area (TPSA) is 84.9 Å². The van der Waals surface area contributed by atoms with Crippen LogP contribution in [0.4, 0.5) is 11.4 Å². The molecule has 0 fully saturated rings. The van der Waals surface area contributed by atoms with Crippen LogP contribution in [0.15, 0.2) is 48.5 Å². The zero-order chi connectivity index (χ0) is 20.0. The summed E-state index contributed by atoms with van der Waals surface area (Å²) in [5.74, 6) is 0.746. The summed E-state index contributed by atoms with van der Waals surface area (Å²) in [4.78, 5) is 12.5. The molecule has 0 aliphatic rings. The van der Waals surface area contributed by atoms with Crippen molar-refractivity contribution in [1.82, 2.24) is 0 Å². The lowest BCUT2D eigenvalue weighted by Crippen LogP contribution is -2.32. The number of nitrogens with zero attached hydrogens (tertiary/aromatic N) is 1. The van der Waals surface area contributed by atoms with Crippen LogP contribution in [0, 0.1) is 0 Å². The van der Waals surface area contributed by atoms with Crippen molar-refractivity contribution in [2.45, 2.75) is 19.4 Å². The number of methoxy groups -OCH3 is 1. The van der Waals surface area contributed by atoms with Gasteiger partial charge in [0.05, 0.1) is 24.7 Å². The van der Waals surface area contributed by atoms with E-state index in [1.54, 1.807) is 42.5 Å². The third-order valence-corrected chi connectivity index (χ3v) is 5.21. The van der Waals surface area contributed by atoms with Crippen molar-refractivity contribution in [3.8, 4) is 11.5 Å². The predicted octanol–water partition coefficient (Wildman–Crippen LogP) is 2.89. The van der Waals surface area contributed by atoms with Crippen molar-refractivity contribution < 1.29 is 22.7 Å². The summed E-state index contributed by atoms with van der Waals surface area (Å²) in [6.45, 7) is 1.85. The second-order valence-electron chi connectivity index (χ2n) is 5.93. The van der Waals surface area contributed by atoms with Gasteiger partial charge in [-0.05, 0) is 42.8 Å². The molecule has 2 rings (SSSR count). The number of amides is 1. The van der Waals surface area contributed by atoms with Gasteiger partial charge in [0.15, 0.2) is 6.10 Å². The smallest absolute Gasteiger partial charge is 0.265 e. The van der Waals surface area contributed by atoms with E-state index in [1.807, 2.05) is 13.0 Å². The lowest BCUT2D eigenvalue weighted by molar-refractivity contribution is -0.122. The first-order chi connectivity index (χ1) is 12.8. The van der Waals surface area contributed by atoms with Crippen LogP contribution in [0.25, 0.3) is 0 Å². The average Bonchev–Trinajstić information content (AvgIpc) is 2.65. The van der Waals surface area contributed by atoms with Crippen LogP contribution in [0.5, 0.6) is 11.5 Å². The Labute approximate surface area is 160 Å². The molecule has 2 aromatic carbocycles. The molecule has 146 valence electrons. The Kier molecular flexibility index (Phi) is 6.68. The van der Waals surface area contributed by atoms with E-state index in [0.29, 0.717) is 29.3 Å². The summed E-state index contributed by atoms with van der Waals surface area (Å²) in [5, 5.41) is 2.81. The van der Waals surface area contributed by atoms with Crippen LogP contribution in [-0.2, 0) is 14.8 Å². The quantitative estimate of drug-likeness (QED) is 0.747. The molecule has 1 N–H and O–H groups in total. The first kappa shape index (κ1) is 20.6. The van der Waals surface area contributed by atoms with E-state index in [0.717, 1.165) is 6.26 Å². The molecular formula is C19H24N2O5S. The Bertz CT molecular complexity index is 881. The van der Waals surface area contributed by atoms with Gasteiger partial charge in [-0.25, -0.2) is 8.42 Å². The first-order valence-corrected chi connectivity index (χ1v) is 10.3. The van der Waals surface area contributed by atoms with Gasteiger partial charge in [0, 0.05) is 7.05 Å². The zero-order valence-electron chi connectivity index (χ0n) is 15.8. The molecule has 0 bridgehead atoms. The van der Waals surface area contributed by atoms with E-state index >= 15 is 0 Å². The molecule has 0 aliphatic carbocycles. The number of carbonyl (C=O) groups is 1. The van der Waals surface area contributed by atoms with Crippen LogP contribution >= 0.6 is 0 Å². The highest BCUT2D eigenvalue weighted by Crippen LogP contribution is 2.25. The van der Waals surface area contributed by atoms with E-state index in [4.69, 9.17) is 9.47 Å². The maximum atomic E-state index is 12.5. The van der Waals surface area contributed by atoms with E-state index in [9.17, 15) is 13.2 Å². The number of sulfonamides is 1. The average molecular weight is 392 g/mol. The van der Waals surface area contributed by atoms with E-state index < -0.39 is 16.1 Å². The van der Waals surface area contributed by atoms with Gasteiger partial charge in [-0.3, -0.25) is 9.10 Å². The Morgan fingerprint density at radius 1 is 1.15 bits per heavy atom. The van der Waals surface area contributed by atoms with Crippen molar-refractivity contribution in [3.05, 3.63) is 48.5 Å². The van der Waals surface area contributed by atoms with Crippen LogP contribution in [0.3, 0.4) is 0 Å². The molecule has 0 heterocycles. The Hall–Kier alpha value is -2.74. The number of benzene rings is 2. The van der Waals surface area contributed by atoms with E-state index in [-0.39, 0.29) is 5.91 Å². The van der Waals surface area contributed by atoms with Crippen molar-refractivity contribution >= 4 is 27.3 Å². The highest BCUT2D eigenvalue weighted by molar-refractivity contribution is 7.92. The Balaban J connectivity index is 2.09. The molecule has 7 nitrogen and oxygen atoms in total. The van der Waals surface area contributed by atoms with Gasteiger partial charge in [0.2, 0.25) is 10.0 Å². The number of ether oxygens (including phenoxy) is 2. The molecule has 0 radical (unpaired) electrons. The van der Waals surface area contributed by atoms with Gasteiger partial charge < -0.3 is 14.8 Å². The van der Waals surface area contributed by atoms with Crippen LogP contribution in [-0.4, -0.2) is 40.8 Å². The van der Waals surface area contributed by atoms with Crippen LogP contribution in [0.2, 0.25) is 0 Å². The largest absolute Gasteiger partial charge is 0.495 e. The Morgan fingerprint density at radius 3 is 2.33 bits per heavy atom. The summed E-state index contributed by atoms with van der Waals surface area (Å²) >= 11 is 0. The minimum absolute atomic E-state index is 0.292. The molecule has 0 saturated carbocycles. The van der Waals surface area contributed by atoms with Gasteiger partial charge >= 0.3 is 0 Å². The normalized spacial score (nSPS) is 12.1. The molecule has 1 amide bonds. The molecule has 8 heteroatoms. The van der Waals surface area contributed by atoms with Crippen molar-refractivity contribution in [1.29, 1.82) is 0 Å². The summed E-state index contributed by atoms with van der Waals surface area (Å²) in [7, 11) is -0.326. The van der Waals surface area contributed by atoms with Gasteiger partial charge in [-0.15, -0.1) is 0 Å². The maximum Gasteiger partial charge on any atom is 0.265 e. The highest BCUT2D eigenvalue weighted by Gasteiger charge is 2.20. The maximum absolute atomic E-state index is 12.5. The van der Waals surface area contributed by atoms with Crippen molar-refractivity contribution in [3.63, 3.8) is 0 Å². The molecular weight excluding hydrogens is 368 g/mol. The molecule has 27 heavy (non-hydrogen) atoms. The summed E-state index contributed by atoms with van der Waals surface area (Å²) in [6, 6.07) is 13.6. The summed E-state index contributed by atoms with van der Waals surface area (Å²) < 4.78 is 35.3. The van der Waals surface area contributed by atoms with Crippen LogP contribution < -0.4 is 19.1 Å². The van der Waals surface area contributed by atoms with E-state index in [1.165, 1.54) is 18.5 Å². The monoisotopic (exact) mass is 392 g/mol. The SMILES string of the molecule is CCC(Oc1ccc(N(C)S(C)(=O)=O)cc1)C(=O)Nc1ccccc1OC. The number of carbonyl (C=O) groups excluding carboxylic acids is 1. The molecule has 0 aliphatic heterocycles. The zero-order valence-corrected chi connectivity index (χ0v) is 16.6. The molecule has 0 spiro atoms. The number of hydrogen-bond donors (Lipinski definition) is 1. The number of nitrogens with one attached hydrogen (secondary N) is 1. The molecule has 1 atom stereocenters. The lowest BCUT2D eigenvalue weighted by atomic mass is 10.2. The van der Waals surface area contributed by atoms with Gasteiger partial charge in [0.1, 0.15) is 11.5 Å². The van der Waals surface area contributed by atoms with Crippen LogP contribution in [0.1, 0.15) is 13.3 Å². The van der Waals surface area contributed by atoms with Gasteiger partial charge in [-0.2, -0.15) is 0 Å². The number of para-hydroxylation sites is 2. The predicted molar refractivity (Wildman–Crippen MR) is 106 cm³/mol. The number of hydrogen-bond acceptors (Lipinski definition) is 5. The fourth-order valence-corrected chi connectivity index (χ4v) is 2.88. The van der Waals surface area contributed by atoms with Gasteiger partial charge in [-0.1, -0.05) is 19.1 Å². The Morgan fingerprint density at radius 2 is 1.78 bits per heavy atom. The lowest BCUT2D eigenvalue weighted by Gasteiger charge is -2.20. The second-order valence-corrected chi connectivity index (χ2v) is 7.94. The fourth-order valence-electron chi connectivity index (χ4n) is 2.37. The third kappa shape index (κ3) is 5.37. The minimum atomic E-state index is -3.33. The molecule has 0 saturated heterocycles. The van der Waals surface area contributed by atoms with Gasteiger partial charge in [0.25, 0.3) is 5.91 Å². The summed E-state index contributed by atoms with van der Waals surface area (Å²) in [6.07, 6.45) is 0.895. The highest BCUT2D eigenvalue weighted by atomic mass is 32.2. The number of anilines is 2.